The van der Waals surface area contributed by atoms with Gasteiger partial charge in [-0.05, 0) is 6.42 Å². The summed E-state index contributed by atoms with van der Waals surface area (Å²) in [6.07, 6.45) is 1.48. The van der Waals surface area contributed by atoms with E-state index in [1.807, 2.05) is 0 Å². The van der Waals surface area contributed by atoms with Crippen LogP contribution >= 0.6 is 24.0 Å². The number of nitrogens with zero attached hydrogens (tertiary/aromatic N) is 1. The zero-order valence-electron chi connectivity index (χ0n) is 6.51. The van der Waals surface area contributed by atoms with Crippen LogP contribution in [0.15, 0.2) is 4.99 Å². The number of guanidine groups is 1. The molecule has 0 aromatic rings. The second kappa shape index (κ2) is 4.71. The number of hydrazine groups is 1. The van der Waals surface area contributed by atoms with Gasteiger partial charge in [-0.25, -0.2) is 4.99 Å². The largest absolute Gasteiger partial charge is 0.369 e. The zero-order valence-corrected chi connectivity index (χ0v) is 8.08. The van der Waals surface area contributed by atoms with Crippen LogP contribution in [-0.4, -0.2) is 17.6 Å². The fraction of sp³-hybridized carbons (Fsp3) is 0.800. The van der Waals surface area contributed by atoms with Crippen molar-refractivity contribution in [3.05, 3.63) is 0 Å². The Hall–Kier alpha value is -0.230. The van der Waals surface area contributed by atoms with E-state index in [2.05, 4.69) is 15.8 Å². The fourth-order valence-electron chi connectivity index (χ4n) is 0.898. The summed E-state index contributed by atoms with van der Waals surface area (Å²) in [5.74, 6) is 0.136. The van der Waals surface area contributed by atoms with Gasteiger partial charge >= 0.3 is 0 Å². The number of hydrogen-bond acceptors (Lipinski definition) is 5. The molecule has 0 spiro atoms. The third-order valence-electron chi connectivity index (χ3n) is 1.42. The van der Waals surface area contributed by atoms with E-state index < -0.39 is 5.79 Å². The van der Waals surface area contributed by atoms with Crippen LogP contribution < -0.4 is 22.3 Å². The summed E-state index contributed by atoms with van der Waals surface area (Å²) in [5.41, 5.74) is 16.5. The Labute approximate surface area is 82.3 Å². The smallest absolute Gasteiger partial charge is 0.206 e. The lowest BCUT2D eigenvalue weighted by Crippen LogP contribution is -2.53. The van der Waals surface area contributed by atoms with E-state index in [4.69, 9.17) is 23.1 Å². The molecule has 0 aromatic carbocycles. The molecule has 0 amide bonds. The highest BCUT2D eigenvalue weighted by molar-refractivity contribution is 6.17. The second-order valence-corrected chi connectivity index (χ2v) is 2.84. The monoisotopic (exact) mass is 213 g/mol. The van der Waals surface area contributed by atoms with Gasteiger partial charge in [-0.3, -0.25) is 11.2 Å². The van der Waals surface area contributed by atoms with Crippen LogP contribution in [0.4, 0.5) is 0 Å². The summed E-state index contributed by atoms with van der Waals surface area (Å²) in [5, 5.41) is 0. The predicted octanol–water partition coefficient (Wildman–Crippen LogP) is -0.538. The normalized spacial score (nSPS) is 27.3. The first-order valence-corrected chi connectivity index (χ1v) is 3.93. The van der Waals surface area contributed by atoms with E-state index in [0.717, 1.165) is 6.42 Å². The molecule has 1 atom stereocenters. The van der Waals surface area contributed by atoms with Crippen LogP contribution in [-0.2, 0) is 0 Å². The molecule has 1 aliphatic rings. The minimum atomic E-state index is -0.765. The summed E-state index contributed by atoms with van der Waals surface area (Å²) < 4.78 is 0. The summed E-state index contributed by atoms with van der Waals surface area (Å²) in [6, 6.07) is 0. The lowest BCUT2D eigenvalue weighted by Gasteiger charge is -2.18. The number of halogens is 2. The maximum absolute atomic E-state index is 5.74. The molecule has 1 heterocycles. The van der Waals surface area contributed by atoms with Gasteiger partial charge in [0, 0.05) is 12.3 Å². The molecule has 0 aromatic heterocycles. The molecule has 72 valence electrons. The molecule has 0 saturated carbocycles. The van der Waals surface area contributed by atoms with Gasteiger partial charge in [-0.15, -0.1) is 24.0 Å². The SMILES string of the molecule is Cl.NC1=NC(N)(CCCCl)NN1. The molecular formula is C5H13Cl2N5. The van der Waals surface area contributed by atoms with Crippen LogP contribution in [0.1, 0.15) is 12.8 Å². The molecule has 1 rings (SSSR count). The molecule has 0 fully saturated rings. The first-order valence-electron chi connectivity index (χ1n) is 3.40. The highest BCUT2D eigenvalue weighted by atomic mass is 35.5. The van der Waals surface area contributed by atoms with Crippen LogP contribution in [0.5, 0.6) is 0 Å². The van der Waals surface area contributed by atoms with Gasteiger partial charge in [0.1, 0.15) is 0 Å². The van der Waals surface area contributed by atoms with Gasteiger partial charge in [0.05, 0.1) is 0 Å². The third kappa shape index (κ3) is 3.02. The van der Waals surface area contributed by atoms with Crippen molar-refractivity contribution in [2.45, 2.75) is 18.6 Å². The average molecular weight is 214 g/mol. The summed E-state index contributed by atoms with van der Waals surface area (Å²) in [4.78, 5) is 3.95. The van der Waals surface area contributed by atoms with Gasteiger partial charge in [-0.1, -0.05) is 0 Å². The highest BCUT2D eigenvalue weighted by Gasteiger charge is 2.27. The van der Waals surface area contributed by atoms with Crippen molar-refractivity contribution in [2.24, 2.45) is 16.5 Å². The van der Waals surface area contributed by atoms with Crippen LogP contribution in [0.25, 0.3) is 0 Å². The quantitative estimate of drug-likeness (QED) is 0.475. The van der Waals surface area contributed by atoms with E-state index in [1.54, 1.807) is 0 Å². The minimum Gasteiger partial charge on any atom is -0.369 e. The molecular weight excluding hydrogens is 201 g/mol. The van der Waals surface area contributed by atoms with E-state index in [1.165, 1.54) is 0 Å². The fourth-order valence-corrected chi connectivity index (χ4v) is 1.03. The molecule has 0 radical (unpaired) electrons. The lowest BCUT2D eigenvalue weighted by molar-refractivity contribution is 0.334. The van der Waals surface area contributed by atoms with E-state index in [-0.39, 0.29) is 12.4 Å². The van der Waals surface area contributed by atoms with Crippen molar-refractivity contribution in [1.29, 1.82) is 0 Å². The third-order valence-corrected chi connectivity index (χ3v) is 1.69. The maximum atomic E-state index is 5.74. The van der Waals surface area contributed by atoms with Crippen molar-refractivity contribution >= 4 is 30.0 Å². The summed E-state index contributed by atoms with van der Waals surface area (Å²) in [7, 11) is 0. The van der Waals surface area contributed by atoms with E-state index >= 15 is 0 Å². The number of alkyl halides is 1. The van der Waals surface area contributed by atoms with E-state index in [0.29, 0.717) is 18.3 Å². The average Bonchev–Trinajstić information content (AvgIpc) is 2.28. The predicted molar refractivity (Wildman–Crippen MR) is 52.0 cm³/mol. The van der Waals surface area contributed by atoms with Gasteiger partial charge in [0.25, 0.3) is 0 Å². The topological polar surface area (TPSA) is 88.5 Å². The number of rotatable bonds is 3. The summed E-state index contributed by atoms with van der Waals surface area (Å²) >= 11 is 5.49. The number of aliphatic imine (C=N–C) groups is 1. The highest BCUT2D eigenvalue weighted by Crippen LogP contribution is 2.10. The standard InChI is InChI=1S/C5H12ClN5.ClH/c6-3-1-2-5(8)9-4(7)10-11-5;/h11H,1-3,8H2,(H3,7,9,10);1H. The Balaban J connectivity index is 0.00000121. The van der Waals surface area contributed by atoms with Gasteiger partial charge in [0.15, 0.2) is 5.79 Å². The number of hydrogen-bond donors (Lipinski definition) is 4. The van der Waals surface area contributed by atoms with Crippen molar-refractivity contribution in [1.82, 2.24) is 10.9 Å². The Morgan fingerprint density at radius 3 is 2.67 bits per heavy atom. The number of nitrogens with one attached hydrogen (secondary N) is 2. The number of nitrogens with two attached hydrogens (primary N) is 2. The zero-order chi connectivity index (χ0) is 8.32. The summed E-state index contributed by atoms with van der Waals surface area (Å²) in [6.45, 7) is 0. The second-order valence-electron chi connectivity index (χ2n) is 2.46. The molecule has 0 aliphatic carbocycles. The van der Waals surface area contributed by atoms with E-state index in [9.17, 15) is 0 Å². The molecule has 7 heteroatoms. The molecule has 1 aliphatic heterocycles. The molecule has 6 N–H and O–H groups in total. The molecule has 0 bridgehead atoms. The minimum absolute atomic E-state index is 0. The van der Waals surface area contributed by atoms with Gasteiger partial charge in [-0.2, -0.15) is 5.43 Å². The van der Waals surface area contributed by atoms with Crippen LogP contribution in [0.3, 0.4) is 0 Å². The Morgan fingerprint density at radius 1 is 1.58 bits per heavy atom. The van der Waals surface area contributed by atoms with Crippen molar-refractivity contribution in [3.8, 4) is 0 Å². The van der Waals surface area contributed by atoms with Gasteiger partial charge < -0.3 is 5.73 Å². The Morgan fingerprint density at radius 2 is 2.25 bits per heavy atom. The maximum Gasteiger partial charge on any atom is 0.206 e. The Bertz CT molecular complexity index is 173. The Kier molecular flexibility index (Phi) is 4.62. The molecule has 0 saturated heterocycles. The van der Waals surface area contributed by atoms with Crippen molar-refractivity contribution in [2.75, 3.05) is 5.88 Å². The molecule has 12 heavy (non-hydrogen) atoms. The molecule has 1 unspecified atom stereocenters. The van der Waals surface area contributed by atoms with Crippen molar-refractivity contribution < 1.29 is 0 Å². The van der Waals surface area contributed by atoms with Crippen LogP contribution in [0.2, 0.25) is 0 Å². The van der Waals surface area contributed by atoms with Crippen LogP contribution in [0, 0.1) is 0 Å². The lowest BCUT2D eigenvalue weighted by atomic mass is 10.2. The van der Waals surface area contributed by atoms with Gasteiger partial charge in [0.2, 0.25) is 5.96 Å². The first-order chi connectivity index (χ1) is 5.16. The first kappa shape index (κ1) is 11.8. The molecule has 5 nitrogen and oxygen atoms in total. The van der Waals surface area contributed by atoms with Crippen molar-refractivity contribution in [3.63, 3.8) is 0 Å².